The molecule has 4 rings (SSSR count). The summed E-state index contributed by atoms with van der Waals surface area (Å²) in [5, 5.41) is 0.502. The summed E-state index contributed by atoms with van der Waals surface area (Å²) in [6, 6.07) is 11.6. The molecule has 10 nitrogen and oxygen atoms in total. The lowest BCUT2D eigenvalue weighted by molar-refractivity contribution is -0.132. The van der Waals surface area contributed by atoms with Crippen molar-refractivity contribution in [2.75, 3.05) is 40.4 Å². The number of sulfonamides is 1. The number of aromatic amines is 1. The van der Waals surface area contributed by atoms with E-state index in [9.17, 15) is 18.0 Å². The van der Waals surface area contributed by atoms with Crippen LogP contribution in [0, 0.1) is 0 Å². The van der Waals surface area contributed by atoms with Crippen molar-refractivity contribution in [1.82, 2.24) is 19.2 Å². The lowest BCUT2D eigenvalue weighted by atomic mass is 10.2. The number of amides is 1. The maximum absolute atomic E-state index is 13.2. The number of methoxy groups -OCH3 is 2. The van der Waals surface area contributed by atoms with Crippen LogP contribution in [0.3, 0.4) is 0 Å². The highest BCUT2D eigenvalue weighted by atomic mass is 32.2. The second-order valence-corrected chi connectivity index (χ2v) is 9.74. The Bertz CT molecular complexity index is 1360. The maximum atomic E-state index is 13.2. The van der Waals surface area contributed by atoms with E-state index in [1.54, 1.807) is 41.3 Å². The van der Waals surface area contributed by atoms with Gasteiger partial charge in [-0.05, 0) is 24.3 Å². The summed E-state index contributed by atoms with van der Waals surface area (Å²) in [7, 11) is -0.951. The molecule has 2 aromatic carbocycles. The van der Waals surface area contributed by atoms with Gasteiger partial charge in [0.05, 0.1) is 25.1 Å². The van der Waals surface area contributed by atoms with Crippen molar-refractivity contribution in [3.05, 3.63) is 58.6 Å². The highest BCUT2D eigenvalue weighted by Crippen LogP contribution is 2.31. The van der Waals surface area contributed by atoms with Crippen molar-refractivity contribution in [3.8, 4) is 11.5 Å². The second kappa shape index (κ2) is 9.82. The first-order valence-corrected chi connectivity index (χ1v) is 12.3. The SMILES string of the molecule is COc1ccc(OC)c(S(=O)(=O)N2CCN(C(=O)CCc3nc4ccccc4c(=O)[nH]3)CC2)c1. The standard InChI is InChI=1S/C23H26N4O6S/c1-32-16-7-8-19(33-2)20(15-16)34(30,31)27-13-11-26(12-14-27)22(28)10-9-21-24-18-6-4-3-5-17(18)23(29)25-21/h3-8,15H,9-14H2,1-2H3,(H,24,25,29). The zero-order valence-electron chi connectivity index (χ0n) is 19.0. The lowest BCUT2D eigenvalue weighted by Crippen LogP contribution is -2.50. The molecule has 180 valence electrons. The fourth-order valence-corrected chi connectivity index (χ4v) is 5.53. The Labute approximate surface area is 197 Å². The molecule has 1 N–H and O–H groups in total. The van der Waals surface area contributed by atoms with E-state index in [0.717, 1.165) is 0 Å². The van der Waals surface area contributed by atoms with Crippen LogP contribution in [0.1, 0.15) is 12.2 Å². The first kappa shape index (κ1) is 23.7. The van der Waals surface area contributed by atoms with E-state index in [1.807, 2.05) is 0 Å². The molecule has 1 fully saturated rings. The molecule has 1 aliphatic heterocycles. The minimum Gasteiger partial charge on any atom is -0.497 e. The van der Waals surface area contributed by atoms with E-state index in [2.05, 4.69) is 9.97 Å². The van der Waals surface area contributed by atoms with E-state index in [1.165, 1.54) is 24.6 Å². The molecular weight excluding hydrogens is 460 g/mol. The minimum absolute atomic E-state index is 0.0282. The molecule has 0 atom stereocenters. The average Bonchev–Trinajstić information content (AvgIpc) is 2.87. The van der Waals surface area contributed by atoms with Crippen molar-refractivity contribution in [2.24, 2.45) is 0 Å². The highest BCUT2D eigenvalue weighted by Gasteiger charge is 2.32. The number of nitrogens with zero attached hydrogens (tertiary/aromatic N) is 3. The van der Waals surface area contributed by atoms with Crippen LogP contribution in [0.4, 0.5) is 0 Å². The molecule has 0 bridgehead atoms. The molecule has 0 spiro atoms. The number of benzene rings is 2. The number of para-hydroxylation sites is 1. The van der Waals surface area contributed by atoms with Gasteiger partial charge in [0.1, 0.15) is 22.2 Å². The molecule has 0 unspecified atom stereocenters. The van der Waals surface area contributed by atoms with Gasteiger partial charge in [0.2, 0.25) is 15.9 Å². The molecule has 0 aliphatic carbocycles. The number of piperazine rings is 1. The number of H-pyrrole nitrogens is 1. The zero-order valence-corrected chi connectivity index (χ0v) is 19.8. The number of rotatable bonds is 7. The van der Waals surface area contributed by atoms with Crippen molar-refractivity contribution in [2.45, 2.75) is 17.7 Å². The molecule has 34 heavy (non-hydrogen) atoms. The monoisotopic (exact) mass is 486 g/mol. The molecule has 1 amide bonds. The first-order chi connectivity index (χ1) is 16.3. The van der Waals surface area contributed by atoms with Crippen molar-refractivity contribution >= 4 is 26.8 Å². The summed E-state index contributed by atoms with van der Waals surface area (Å²) >= 11 is 0. The fraction of sp³-hybridized carbons (Fsp3) is 0.348. The van der Waals surface area contributed by atoms with Crippen LogP contribution in [0.2, 0.25) is 0 Å². The number of carbonyl (C=O) groups excluding carboxylic acids is 1. The van der Waals surface area contributed by atoms with Crippen LogP contribution in [-0.2, 0) is 21.2 Å². The zero-order chi connectivity index (χ0) is 24.3. The van der Waals surface area contributed by atoms with E-state index in [0.29, 0.717) is 28.9 Å². The predicted molar refractivity (Wildman–Crippen MR) is 126 cm³/mol. The molecule has 11 heteroatoms. The summed E-state index contributed by atoms with van der Waals surface area (Å²) in [6.45, 7) is 0.872. The number of nitrogens with one attached hydrogen (secondary N) is 1. The number of ether oxygens (including phenoxy) is 2. The Hall–Kier alpha value is -3.44. The van der Waals surface area contributed by atoms with Gasteiger partial charge >= 0.3 is 0 Å². The second-order valence-electron chi connectivity index (χ2n) is 7.83. The number of hydrogen-bond acceptors (Lipinski definition) is 7. The van der Waals surface area contributed by atoms with Crippen molar-refractivity contribution in [1.29, 1.82) is 0 Å². The maximum Gasteiger partial charge on any atom is 0.258 e. The summed E-state index contributed by atoms with van der Waals surface area (Å²) < 4.78 is 38.2. The molecule has 2 heterocycles. The molecule has 1 aromatic heterocycles. The van der Waals surface area contributed by atoms with Crippen LogP contribution in [0.25, 0.3) is 10.9 Å². The van der Waals surface area contributed by atoms with Gasteiger partial charge in [0.25, 0.3) is 5.56 Å². The third-order valence-corrected chi connectivity index (χ3v) is 7.74. The van der Waals surface area contributed by atoms with Crippen LogP contribution < -0.4 is 15.0 Å². The van der Waals surface area contributed by atoms with Crippen molar-refractivity contribution in [3.63, 3.8) is 0 Å². The number of carbonyl (C=O) groups is 1. The fourth-order valence-electron chi connectivity index (χ4n) is 3.94. The largest absolute Gasteiger partial charge is 0.497 e. The number of fused-ring (bicyclic) bond motifs is 1. The predicted octanol–water partition coefficient (Wildman–Crippen LogP) is 1.41. The van der Waals surface area contributed by atoms with Gasteiger partial charge in [0.15, 0.2) is 0 Å². The first-order valence-electron chi connectivity index (χ1n) is 10.8. The normalized spacial score (nSPS) is 14.8. The quantitative estimate of drug-likeness (QED) is 0.536. The summed E-state index contributed by atoms with van der Waals surface area (Å²) in [4.78, 5) is 33.8. The molecule has 1 saturated heterocycles. The molecule has 0 radical (unpaired) electrons. The third kappa shape index (κ3) is 4.75. The number of aromatic nitrogens is 2. The van der Waals surface area contributed by atoms with E-state index < -0.39 is 10.0 Å². The topological polar surface area (TPSA) is 122 Å². The Morgan fingerprint density at radius 2 is 1.79 bits per heavy atom. The van der Waals surface area contributed by atoms with Gasteiger partial charge in [0, 0.05) is 45.1 Å². The van der Waals surface area contributed by atoms with Gasteiger partial charge in [-0.25, -0.2) is 13.4 Å². The number of aryl methyl sites for hydroxylation is 1. The van der Waals surface area contributed by atoms with E-state index in [-0.39, 0.29) is 54.7 Å². The molecule has 1 aliphatic rings. The smallest absolute Gasteiger partial charge is 0.258 e. The Balaban J connectivity index is 1.39. The number of hydrogen-bond donors (Lipinski definition) is 1. The van der Waals surface area contributed by atoms with Gasteiger partial charge in [-0.15, -0.1) is 0 Å². The third-order valence-electron chi connectivity index (χ3n) is 5.82. The summed E-state index contributed by atoms with van der Waals surface area (Å²) in [5.74, 6) is 0.972. The van der Waals surface area contributed by atoms with Gasteiger partial charge < -0.3 is 19.4 Å². The van der Waals surface area contributed by atoms with Crippen molar-refractivity contribution < 1.29 is 22.7 Å². The average molecular weight is 487 g/mol. The van der Waals surface area contributed by atoms with Crippen LogP contribution in [0.15, 0.2) is 52.2 Å². The summed E-state index contributed by atoms with van der Waals surface area (Å²) in [6.07, 6.45) is 0.455. The van der Waals surface area contributed by atoms with Crippen LogP contribution in [0.5, 0.6) is 11.5 Å². The molecular formula is C23H26N4O6S. The summed E-state index contributed by atoms with van der Waals surface area (Å²) in [5.41, 5.74) is 0.348. The Kier molecular flexibility index (Phi) is 6.85. The van der Waals surface area contributed by atoms with Gasteiger partial charge in [-0.2, -0.15) is 4.31 Å². The Morgan fingerprint density at radius 3 is 2.50 bits per heavy atom. The van der Waals surface area contributed by atoms with Crippen LogP contribution >= 0.6 is 0 Å². The minimum atomic E-state index is -3.83. The van der Waals surface area contributed by atoms with Crippen LogP contribution in [-0.4, -0.2) is 73.9 Å². The highest BCUT2D eigenvalue weighted by molar-refractivity contribution is 7.89. The molecule has 3 aromatic rings. The van der Waals surface area contributed by atoms with Gasteiger partial charge in [-0.1, -0.05) is 12.1 Å². The van der Waals surface area contributed by atoms with E-state index in [4.69, 9.17) is 9.47 Å². The molecule has 0 saturated carbocycles. The Morgan fingerprint density at radius 1 is 1.06 bits per heavy atom. The lowest BCUT2D eigenvalue weighted by Gasteiger charge is -2.34. The van der Waals surface area contributed by atoms with Gasteiger partial charge in [-0.3, -0.25) is 9.59 Å². The van der Waals surface area contributed by atoms with E-state index >= 15 is 0 Å².